The van der Waals surface area contributed by atoms with E-state index in [2.05, 4.69) is 201 Å². The molecule has 1 unspecified atom stereocenters. The fourth-order valence-electron chi connectivity index (χ4n) is 8.61. The minimum atomic E-state index is -2.87. The molecule has 0 fully saturated rings. The molecular formula is C45H36NPSSi. The smallest absolute Gasteiger partial charge is 0.181 e. The molecule has 9 rings (SSSR count). The molecule has 4 heteroatoms. The maximum absolute atomic E-state index is 7.11. The number of para-hydroxylation sites is 2. The summed E-state index contributed by atoms with van der Waals surface area (Å²) in [6, 6.07) is 65.4. The molecule has 2 aliphatic heterocycles. The molecule has 0 N–H and O–H groups in total. The first kappa shape index (κ1) is 30.3. The third-order valence-electron chi connectivity index (χ3n) is 10.8. The highest BCUT2D eigenvalue weighted by atomic mass is 32.4. The molecule has 7 aromatic rings. The molecule has 0 aromatic heterocycles. The van der Waals surface area contributed by atoms with Gasteiger partial charge in [-0.05, 0) is 72.1 Å². The number of hydrogen-bond acceptors (Lipinski definition) is 2. The number of nitrogens with zero attached hydrogens (tertiary/aromatic N) is 1. The van der Waals surface area contributed by atoms with Crippen molar-refractivity contribution in [3.8, 4) is 0 Å². The molecule has 0 saturated carbocycles. The molecule has 1 nitrogen and oxygen atoms in total. The summed E-state index contributed by atoms with van der Waals surface area (Å²) in [6.45, 7) is 4.70. The van der Waals surface area contributed by atoms with Crippen molar-refractivity contribution in [2.75, 3.05) is 4.90 Å². The number of rotatable bonds is 4. The van der Waals surface area contributed by atoms with Gasteiger partial charge in [0.25, 0.3) is 0 Å². The van der Waals surface area contributed by atoms with Gasteiger partial charge in [-0.25, -0.2) is 0 Å². The highest BCUT2D eigenvalue weighted by Crippen LogP contribution is 2.52. The predicted molar refractivity (Wildman–Crippen MR) is 216 cm³/mol. The lowest BCUT2D eigenvalue weighted by Gasteiger charge is -2.46. The maximum atomic E-state index is 7.11. The van der Waals surface area contributed by atoms with Crippen LogP contribution >= 0.6 is 6.04 Å². The van der Waals surface area contributed by atoms with Gasteiger partial charge < -0.3 is 4.90 Å². The number of hydrogen-bond donors (Lipinski definition) is 0. The highest BCUT2D eigenvalue weighted by molar-refractivity contribution is 8.26. The first-order valence-corrected chi connectivity index (χ1v) is 21.8. The summed E-state index contributed by atoms with van der Waals surface area (Å²) >= 11 is 7.11. The summed E-state index contributed by atoms with van der Waals surface area (Å²) in [6.07, 6.45) is 0. The van der Waals surface area contributed by atoms with E-state index in [9.17, 15) is 0 Å². The van der Waals surface area contributed by atoms with Crippen LogP contribution in [0.15, 0.2) is 182 Å². The van der Waals surface area contributed by atoms with Crippen molar-refractivity contribution in [1.29, 1.82) is 0 Å². The van der Waals surface area contributed by atoms with Gasteiger partial charge in [0.1, 0.15) is 0 Å². The van der Waals surface area contributed by atoms with Crippen LogP contribution in [-0.2, 0) is 17.2 Å². The SMILES string of the molecule is CC1(C)c2ccccc2N(c2ccc3c(c2)[Si](c2ccccc2)(c2ccccc2)c2ccccc2P3(=S)c2ccccc2)c2ccccc21. The Morgan fingerprint density at radius 1 is 0.490 bits per heavy atom. The van der Waals surface area contributed by atoms with Gasteiger partial charge in [-0.15, -0.1) is 0 Å². The van der Waals surface area contributed by atoms with Crippen molar-refractivity contribution in [2.24, 2.45) is 0 Å². The first-order chi connectivity index (χ1) is 24.0. The molecule has 236 valence electrons. The summed E-state index contributed by atoms with van der Waals surface area (Å²) in [4.78, 5) is 2.50. The second kappa shape index (κ2) is 11.4. The van der Waals surface area contributed by atoms with Crippen molar-refractivity contribution in [1.82, 2.24) is 0 Å². The monoisotopic (exact) mass is 681 g/mol. The van der Waals surface area contributed by atoms with Crippen molar-refractivity contribution < 1.29 is 0 Å². The van der Waals surface area contributed by atoms with E-state index in [1.54, 1.807) is 0 Å². The zero-order valence-electron chi connectivity index (χ0n) is 27.6. The largest absolute Gasteiger partial charge is 0.310 e. The number of fused-ring (bicyclic) bond motifs is 4. The Labute approximate surface area is 295 Å². The van der Waals surface area contributed by atoms with Gasteiger partial charge in [-0.2, -0.15) is 0 Å². The standard InChI is InChI=1S/C45H36NPSSi/c1-45(2)37-24-12-14-26-39(37)46(40-27-15-13-25-38(40)45)33-30-31-42-44(32-33)49(35-20-8-4-9-21-35,36-22-10-5-11-23-36)43-29-17-16-28-41(43)47(42,48)34-18-6-3-7-19-34/h3-32H,1-2H3. The first-order valence-electron chi connectivity index (χ1n) is 17.0. The van der Waals surface area contributed by atoms with Crippen molar-refractivity contribution >= 4 is 79.6 Å². The van der Waals surface area contributed by atoms with Crippen LogP contribution in [0.1, 0.15) is 25.0 Å². The molecule has 7 aromatic carbocycles. The average molecular weight is 682 g/mol. The Morgan fingerprint density at radius 2 is 0.959 bits per heavy atom. The van der Waals surface area contributed by atoms with E-state index in [0.29, 0.717) is 0 Å². The topological polar surface area (TPSA) is 3.24 Å². The molecule has 1 atom stereocenters. The summed E-state index contributed by atoms with van der Waals surface area (Å²) in [5.41, 5.74) is 6.18. The van der Waals surface area contributed by atoms with Crippen LogP contribution < -0.4 is 41.6 Å². The van der Waals surface area contributed by atoms with E-state index >= 15 is 0 Å². The second-order valence-electron chi connectivity index (χ2n) is 13.6. The van der Waals surface area contributed by atoms with Crippen LogP contribution in [0.2, 0.25) is 0 Å². The number of anilines is 3. The molecule has 0 radical (unpaired) electrons. The van der Waals surface area contributed by atoms with Crippen LogP contribution in [0.25, 0.3) is 0 Å². The molecule has 0 bridgehead atoms. The van der Waals surface area contributed by atoms with Crippen molar-refractivity contribution in [3.05, 3.63) is 193 Å². The minimum Gasteiger partial charge on any atom is -0.310 e. The summed E-state index contributed by atoms with van der Waals surface area (Å²) < 4.78 is 0. The third-order valence-corrected chi connectivity index (χ3v) is 21.1. The maximum Gasteiger partial charge on any atom is 0.181 e. The van der Waals surface area contributed by atoms with Gasteiger partial charge in [-0.3, -0.25) is 0 Å². The molecule has 2 aliphatic rings. The van der Waals surface area contributed by atoms with Gasteiger partial charge in [0, 0.05) is 17.1 Å². The van der Waals surface area contributed by atoms with E-state index in [1.165, 1.54) is 64.8 Å². The zero-order valence-corrected chi connectivity index (χ0v) is 30.3. The molecule has 0 aliphatic carbocycles. The lowest BCUT2D eigenvalue weighted by atomic mass is 9.73. The Balaban J connectivity index is 1.43. The minimum absolute atomic E-state index is 0.127. The van der Waals surface area contributed by atoms with Gasteiger partial charge in [-0.1, -0.05) is 183 Å². The normalized spacial score (nSPS) is 18.0. The second-order valence-corrected chi connectivity index (χ2v) is 21.7. The Morgan fingerprint density at radius 3 is 1.55 bits per heavy atom. The third kappa shape index (κ3) is 4.26. The molecular weight excluding hydrogens is 646 g/mol. The Bertz CT molecular complexity index is 2320. The van der Waals surface area contributed by atoms with E-state index in [1.807, 2.05) is 0 Å². The van der Waals surface area contributed by atoms with E-state index in [4.69, 9.17) is 11.8 Å². The van der Waals surface area contributed by atoms with Crippen LogP contribution in [0.4, 0.5) is 17.1 Å². The van der Waals surface area contributed by atoms with Gasteiger partial charge in [0.05, 0.1) is 11.4 Å². The summed E-state index contributed by atoms with van der Waals surface area (Å²) in [7, 11) is -2.87. The molecule has 0 spiro atoms. The van der Waals surface area contributed by atoms with Crippen LogP contribution in [0.5, 0.6) is 0 Å². The zero-order chi connectivity index (χ0) is 33.2. The Kier molecular flexibility index (Phi) is 7.04. The van der Waals surface area contributed by atoms with Crippen molar-refractivity contribution in [2.45, 2.75) is 19.3 Å². The van der Waals surface area contributed by atoms with Gasteiger partial charge >= 0.3 is 0 Å². The molecule has 2 heterocycles. The van der Waals surface area contributed by atoms with E-state index in [-0.39, 0.29) is 5.41 Å². The number of benzene rings is 7. The van der Waals surface area contributed by atoms with E-state index in [0.717, 1.165) is 0 Å². The van der Waals surface area contributed by atoms with Crippen LogP contribution in [-0.4, -0.2) is 8.07 Å². The highest BCUT2D eigenvalue weighted by Gasteiger charge is 2.51. The Hall–Kier alpha value is -4.79. The van der Waals surface area contributed by atoms with Gasteiger partial charge in [0.15, 0.2) is 8.07 Å². The predicted octanol–water partition coefficient (Wildman–Crippen LogP) is 7.24. The molecule has 0 amide bonds. The lowest BCUT2D eigenvalue weighted by molar-refractivity contribution is 0.632. The fraction of sp³-hybridized carbons (Fsp3) is 0.0667. The fourth-order valence-corrected chi connectivity index (χ4v) is 20.1. The van der Waals surface area contributed by atoms with E-state index < -0.39 is 14.1 Å². The average Bonchev–Trinajstić information content (AvgIpc) is 3.16. The van der Waals surface area contributed by atoms with Crippen molar-refractivity contribution in [3.63, 3.8) is 0 Å². The quantitative estimate of drug-likeness (QED) is 0.142. The summed E-state index contributed by atoms with van der Waals surface area (Å²) in [5.74, 6) is 0. The molecule has 49 heavy (non-hydrogen) atoms. The van der Waals surface area contributed by atoms with Crippen LogP contribution in [0.3, 0.4) is 0 Å². The van der Waals surface area contributed by atoms with Crippen LogP contribution in [0, 0.1) is 0 Å². The molecule has 0 saturated heterocycles. The summed E-state index contributed by atoms with van der Waals surface area (Å²) in [5, 5.41) is 9.44. The van der Waals surface area contributed by atoms with Gasteiger partial charge in [0.2, 0.25) is 0 Å². The lowest BCUT2D eigenvalue weighted by Crippen LogP contribution is -2.81.